The van der Waals surface area contributed by atoms with Crippen molar-refractivity contribution in [2.75, 3.05) is 13.2 Å². The van der Waals surface area contributed by atoms with E-state index in [9.17, 15) is 0 Å². The highest BCUT2D eigenvalue weighted by Gasteiger charge is 2.22. The minimum absolute atomic E-state index is 0.877. The van der Waals surface area contributed by atoms with Gasteiger partial charge >= 0.3 is 0 Å². The van der Waals surface area contributed by atoms with Crippen molar-refractivity contribution < 1.29 is 4.43 Å². The van der Waals surface area contributed by atoms with Crippen LogP contribution in [0, 0.1) is 0 Å². The molecule has 0 fully saturated rings. The lowest BCUT2D eigenvalue weighted by atomic mass is 10.5. The van der Waals surface area contributed by atoms with Gasteiger partial charge in [-0.2, -0.15) is 0 Å². The van der Waals surface area contributed by atoms with Gasteiger partial charge < -0.3 is 9.41 Å². The third kappa shape index (κ3) is 8.19. The van der Waals surface area contributed by atoms with E-state index in [0.717, 1.165) is 6.61 Å². The maximum atomic E-state index is 5.81. The van der Waals surface area contributed by atoms with Crippen LogP contribution in [0.2, 0.25) is 38.3 Å². The summed E-state index contributed by atoms with van der Waals surface area (Å²) in [5.74, 6) is 0. The lowest BCUT2D eigenvalue weighted by Crippen LogP contribution is -2.44. The Morgan fingerprint density at radius 3 is 2.13 bits per heavy atom. The summed E-state index contributed by atoms with van der Waals surface area (Å²) in [4.78, 5) is 3.73. The quantitative estimate of drug-likeness (QED) is 0.524. The average molecular weight is 248 g/mol. The Labute approximate surface area is 98.0 Å². The van der Waals surface area contributed by atoms with Gasteiger partial charge in [0.1, 0.15) is 8.24 Å². The van der Waals surface area contributed by atoms with Crippen LogP contribution in [0.5, 0.6) is 0 Å². The molecule has 0 aromatic rings. The van der Waals surface area contributed by atoms with E-state index in [0.29, 0.717) is 0 Å². The van der Waals surface area contributed by atoms with E-state index in [4.69, 9.17) is 4.43 Å². The molecule has 0 heterocycles. The van der Waals surface area contributed by atoms with E-state index in [2.05, 4.69) is 45.0 Å². The molecule has 0 saturated carbocycles. The maximum absolute atomic E-state index is 5.81. The first-order valence-electron chi connectivity index (χ1n) is 6.22. The zero-order chi connectivity index (χ0) is 11.9. The third-order valence-corrected chi connectivity index (χ3v) is 8.58. The fourth-order valence-corrected chi connectivity index (χ4v) is 4.59. The molecule has 4 heteroatoms. The van der Waals surface area contributed by atoms with Crippen molar-refractivity contribution >= 4 is 16.6 Å². The van der Waals surface area contributed by atoms with Crippen LogP contribution in [0.4, 0.5) is 0 Å². The van der Waals surface area contributed by atoms with Crippen LogP contribution in [0.25, 0.3) is 0 Å². The van der Waals surface area contributed by atoms with Crippen LogP contribution in [0.3, 0.4) is 0 Å². The van der Waals surface area contributed by atoms with Gasteiger partial charge in [0.2, 0.25) is 0 Å². The standard InChI is InChI=1S/C11H29NOSi2/c1-7-13-15(5,6)11-9-10-12-14(3,4)8-2/h12H,7-11H2,1-6H3. The van der Waals surface area contributed by atoms with Crippen LogP contribution in [0.15, 0.2) is 0 Å². The number of nitrogens with one attached hydrogen (secondary N) is 1. The normalized spacial score (nSPS) is 13.2. The van der Waals surface area contributed by atoms with E-state index in [1.807, 2.05) is 0 Å². The molecule has 0 spiro atoms. The van der Waals surface area contributed by atoms with Gasteiger partial charge in [-0.15, -0.1) is 0 Å². The Morgan fingerprint density at radius 2 is 1.67 bits per heavy atom. The lowest BCUT2D eigenvalue weighted by Gasteiger charge is -2.25. The molecule has 0 aliphatic carbocycles. The Hall–Kier alpha value is 0.354. The SMILES string of the molecule is CCO[Si](C)(C)CCCN[Si](C)(C)CC. The first kappa shape index (κ1) is 15.4. The Kier molecular flexibility index (Phi) is 6.99. The highest BCUT2D eigenvalue weighted by atomic mass is 28.4. The summed E-state index contributed by atoms with van der Waals surface area (Å²) in [6.07, 6.45) is 1.27. The monoisotopic (exact) mass is 247 g/mol. The largest absolute Gasteiger partial charge is 0.418 e. The van der Waals surface area contributed by atoms with Crippen LogP contribution in [-0.4, -0.2) is 29.7 Å². The summed E-state index contributed by atoms with van der Waals surface area (Å²) in [6.45, 7) is 15.9. The van der Waals surface area contributed by atoms with Gasteiger partial charge in [0.15, 0.2) is 8.32 Å². The average Bonchev–Trinajstić information content (AvgIpc) is 2.13. The van der Waals surface area contributed by atoms with Crippen LogP contribution >= 0.6 is 0 Å². The molecule has 2 nitrogen and oxygen atoms in total. The fraction of sp³-hybridized carbons (Fsp3) is 1.00. The number of rotatable bonds is 8. The molecule has 0 aliphatic heterocycles. The molecule has 0 radical (unpaired) electrons. The minimum atomic E-state index is -1.33. The fourth-order valence-electron chi connectivity index (χ4n) is 1.53. The maximum Gasteiger partial charge on any atom is 0.186 e. The summed E-state index contributed by atoms with van der Waals surface area (Å²) < 4.78 is 5.81. The van der Waals surface area contributed by atoms with Crippen LogP contribution < -0.4 is 4.98 Å². The van der Waals surface area contributed by atoms with Crippen molar-refractivity contribution in [3.05, 3.63) is 0 Å². The molecule has 92 valence electrons. The molecule has 0 amide bonds. The van der Waals surface area contributed by atoms with E-state index in [-0.39, 0.29) is 0 Å². The van der Waals surface area contributed by atoms with Gasteiger partial charge in [0.05, 0.1) is 0 Å². The van der Waals surface area contributed by atoms with E-state index in [1.165, 1.54) is 25.1 Å². The molecule has 0 bridgehead atoms. The van der Waals surface area contributed by atoms with Gasteiger partial charge in [-0.05, 0) is 45.1 Å². The molecule has 0 rings (SSSR count). The van der Waals surface area contributed by atoms with Crippen molar-refractivity contribution in [1.82, 2.24) is 4.98 Å². The summed E-state index contributed by atoms with van der Waals surface area (Å²) in [5.41, 5.74) is 0. The van der Waals surface area contributed by atoms with E-state index in [1.54, 1.807) is 0 Å². The van der Waals surface area contributed by atoms with Gasteiger partial charge in [-0.25, -0.2) is 0 Å². The minimum Gasteiger partial charge on any atom is -0.418 e. The van der Waals surface area contributed by atoms with Gasteiger partial charge in [-0.3, -0.25) is 0 Å². The molecule has 0 aliphatic rings. The highest BCUT2D eigenvalue weighted by Crippen LogP contribution is 2.13. The second-order valence-corrected chi connectivity index (χ2v) is 14.6. The smallest absolute Gasteiger partial charge is 0.186 e. The molecule has 0 aromatic carbocycles. The van der Waals surface area contributed by atoms with Crippen molar-refractivity contribution in [2.45, 2.75) is 58.5 Å². The lowest BCUT2D eigenvalue weighted by molar-refractivity contribution is 0.328. The Bertz CT molecular complexity index is 172. The predicted molar refractivity (Wildman–Crippen MR) is 74.5 cm³/mol. The van der Waals surface area contributed by atoms with Crippen molar-refractivity contribution in [1.29, 1.82) is 0 Å². The molecule has 0 unspecified atom stereocenters. The zero-order valence-electron chi connectivity index (χ0n) is 11.4. The van der Waals surface area contributed by atoms with Crippen molar-refractivity contribution in [3.63, 3.8) is 0 Å². The number of hydrogen-bond acceptors (Lipinski definition) is 2. The molecular weight excluding hydrogens is 218 g/mol. The predicted octanol–water partition coefficient (Wildman–Crippen LogP) is 3.43. The first-order chi connectivity index (χ1) is 6.83. The molecule has 15 heavy (non-hydrogen) atoms. The van der Waals surface area contributed by atoms with Gasteiger partial charge in [0.25, 0.3) is 0 Å². The van der Waals surface area contributed by atoms with Gasteiger partial charge in [0, 0.05) is 6.61 Å². The Morgan fingerprint density at radius 1 is 1.07 bits per heavy atom. The van der Waals surface area contributed by atoms with E-state index < -0.39 is 16.6 Å². The van der Waals surface area contributed by atoms with Crippen molar-refractivity contribution in [2.24, 2.45) is 0 Å². The van der Waals surface area contributed by atoms with Crippen LogP contribution in [0.1, 0.15) is 20.3 Å². The van der Waals surface area contributed by atoms with Crippen LogP contribution in [-0.2, 0) is 4.43 Å². The summed E-state index contributed by atoms with van der Waals surface area (Å²) in [5, 5.41) is 0. The summed E-state index contributed by atoms with van der Waals surface area (Å²) >= 11 is 0. The molecule has 0 atom stereocenters. The van der Waals surface area contributed by atoms with Crippen molar-refractivity contribution in [3.8, 4) is 0 Å². The highest BCUT2D eigenvalue weighted by molar-refractivity contribution is 6.74. The molecule has 0 aromatic heterocycles. The Balaban J connectivity index is 3.62. The zero-order valence-corrected chi connectivity index (χ0v) is 13.4. The van der Waals surface area contributed by atoms with Gasteiger partial charge in [-0.1, -0.05) is 20.0 Å². The molecular formula is C11H29NOSi2. The number of hydrogen-bond donors (Lipinski definition) is 1. The second-order valence-electron chi connectivity index (χ2n) is 5.46. The first-order valence-corrected chi connectivity index (χ1v) is 12.5. The molecule has 1 N–H and O–H groups in total. The topological polar surface area (TPSA) is 21.3 Å². The third-order valence-electron chi connectivity index (χ3n) is 2.98. The summed E-state index contributed by atoms with van der Waals surface area (Å²) in [7, 11) is -2.40. The van der Waals surface area contributed by atoms with E-state index >= 15 is 0 Å². The second kappa shape index (κ2) is 6.83. The molecule has 0 saturated heterocycles. The summed E-state index contributed by atoms with van der Waals surface area (Å²) in [6, 6.07) is 2.60.